The molecule has 6 nitrogen and oxygen atoms in total. The van der Waals surface area contributed by atoms with Crippen LogP contribution in [0.4, 0.5) is 4.39 Å². The quantitative estimate of drug-likeness (QED) is 0.451. The van der Waals surface area contributed by atoms with E-state index in [-0.39, 0.29) is 17.8 Å². The minimum Gasteiger partial charge on any atom is -0.454 e. The lowest BCUT2D eigenvalue weighted by Gasteiger charge is -2.03. The van der Waals surface area contributed by atoms with Crippen molar-refractivity contribution in [3.8, 4) is 22.2 Å². The first-order valence-corrected chi connectivity index (χ1v) is 10.1. The maximum Gasteiger partial charge on any atom is 0.231 e. The summed E-state index contributed by atoms with van der Waals surface area (Å²) in [5.41, 5.74) is 2.66. The molecular formula is C22H13FN2O4S. The number of aromatic nitrogens is 2. The average Bonchev–Trinajstić information content (AvgIpc) is 3.48. The lowest BCUT2D eigenvalue weighted by atomic mass is 10.1. The number of aromatic amines is 1. The molecule has 4 heterocycles. The first-order chi connectivity index (χ1) is 14.7. The highest BCUT2D eigenvalue weighted by atomic mass is 32.1. The lowest BCUT2D eigenvalue weighted by Crippen LogP contribution is -2.02. The highest BCUT2D eigenvalue weighted by Crippen LogP contribution is 2.36. The van der Waals surface area contributed by atoms with Gasteiger partial charge in [-0.1, -0.05) is 6.07 Å². The van der Waals surface area contributed by atoms with Crippen molar-refractivity contribution in [2.75, 3.05) is 6.79 Å². The zero-order valence-corrected chi connectivity index (χ0v) is 16.2. The summed E-state index contributed by atoms with van der Waals surface area (Å²) in [5, 5.41) is 3.28. The third-order valence-corrected chi connectivity index (χ3v) is 5.91. The molecule has 2 aromatic carbocycles. The predicted molar refractivity (Wildman–Crippen MR) is 111 cm³/mol. The maximum atomic E-state index is 13.8. The normalized spacial score (nSPS) is 12.8. The van der Waals surface area contributed by atoms with Gasteiger partial charge in [0.2, 0.25) is 12.2 Å². The molecule has 1 N–H and O–H groups in total. The summed E-state index contributed by atoms with van der Waals surface area (Å²) in [6, 6.07) is 9.63. The Kier molecular flexibility index (Phi) is 3.69. The van der Waals surface area contributed by atoms with Gasteiger partial charge in [0, 0.05) is 24.1 Å². The van der Waals surface area contributed by atoms with Gasteiger partial charge in [0.05, 0.1) is 22.2 Å². The summed E-state index contributed by atoms with van der Waals surface area (Å²) >= 11 is 1.42. The molecule has 0 saturated heterocycles. The van der Waals surface area contributed by atoms with Crippen LogP contribution in [0.2, 0.25) is 0 Å². The molecule has 0 amide bonds. The second-order valence-electron chi connectivity index (χ2n) is 6.96. The Morgan fingerprint density at radius 1 is 1.13 bits per heavy atom. The first kappa shape index (κ1) is 17.2. The van der Waals surface area contributed by atoms with Gasteiger partial charge >= 0.3 is 0 Å². The Labute approximate surface area is 172 Å². The highest BCUT2D eigenvalue weighted by Gasteiger charge is 2.22. The molecule has 0 aliphatic carbocycles. The minimum atomic E-state index is -0.460. The van der Waals surface area contributed by atoms with Crippen molar-refractivity contribution in [3.05, 3.63) is 75.3 Å². The number of hydrogen-bond donors (Lipinski definition) is 1. The van der Waals surface area contributed by atoms with Crippen molar-refractivity contribution < 1.29 is 18.3 Å². The molecule has 148 valence electrons. The van der Waals surface area contributed by atoms with Crippen molar-refractivity contribution in [1.82, 2.24) is 9.97 Å². The molecule has 0 fully saturated rings. The molecule has 0 atom stereocenters. The molecule has 3 aromatic heterocycles. The summed E-state index contributed by atoms with van der Waals surface area (Å²) in [5.74, 6) is 0.919. The van der Waals surface area contributed by atoms with Gasteiger partial charge in [-0.05, 0) is 29.8 Å². The molecule has 8 heteroatoms. The average molecular weight is 420 g/mol. The molecule has 1 aliphatic rings. The van der Waals surface area contributed by atoms with Gasteiger partial charge < -0.3 is 18.9 Å². The zero-order chi connectivity index (χ0) is 20.2. The van der Waals surface area contributed by atoms with E-state index < -0.39 is 5.82 Å². The number of ether oxygens (including phenoxy) is 2. The van der Waals surface area contributed by atoms with E-state index in [4.69, 9.17) is 13.9 Å². The fraction of sp³-hybridized carbons (Fsp3) is 0.0909. The molecule has 6 rings (SSSR count). The summed E-state index contributed by atoms with van der Waals surface area (Å²) in [7, 11) is 0. The van der Waals surface area contributed by atoms with Gasteiger partial charge in [-0.2, -0.15) is 0 Å². The van der Waals surface area contributed by atoms with E-state index in [2.05, 4.69) is 9.97 Å². The molecule has 0 radical (unpaired) electrons. The Balaban J connectivity index is 1.59. The van der Waals surface area contributed by atoms with Crippen LogP contribution in [-0.2, 0) is 6.42 Å². The molecule has 1 aliphatic heterocycles. The SMILES string of the molecule is O=c1c2ccc(F)cc2oc2c(Cc3ccc4c(c3)OCO4)[nH]c(-c3nccs3)c12. The fourth-order valence-corrected chi connectivity index (χ4v) is 4.41. The Morgan fingerprint density at radius 2 is 2.03 bits per heavy atom. The first-order valence-electron chi connectivity index (χ1n) is 9.23. The van der Waals surface area contributed by atoms with E-state index >= 15 is 0 Å². The van der Waals surface area contributed by atoms with Crippen LogP contribution in [0.3, 0.4) is 0 Å². The van der Waals surface area contributed by atoms with Crippen LogP contribution in [0.1, 0.15) is 11.3 Å². The maximum absolute atomic E-state index is 13.8. The summed E-state index contributed by atoms with van der Waals surface area (Å²) in [6.45, 7) is 0.199. The second-order valence-corrected chi connectivity index (χ2v) is 7.85. The summed E-state index contributed by atoms with van der Waals surface area (Å²) in [6.07, 6.45) is 2.14. The second kappa shape index (κ2) is 6.43. The van der Waals surface area contributed by atoms with Gasteiger partial charge in [0.15, 0.2) is 17.1 Å². The number of nitrogens with zero attached hydrogens (tertiary/aromatic N) is 1. The number of rotatable bonds is 3. The zero-order valence-electron chi connectivity index (χ0n) is 15.4. The van der Waals surface area contributed by atoms with Gasteiger partial charge in [-0.15, -0.1) is 11.3 Å². The van der Waals surface area contributed by atoms with Crippen LogP contribution in [0.25, 0.3) is 32.6 Å². The van der Waals surface area contributed by atoms with E-state index in [0.717, 1.165) is 5.56 Å². The third-order valence-electron chi connectivity index (χ3n) is 5.12. The lowest BCUT2D eigenvalue weighted by molar-refractivity contribution is 0.174. The number of hydrogen-bond acceptors (Lipinski definition) is 6. The molecule has 0 saturated carbocycles. The van der Waals surface area contributed by atoms with Crippen LogP contribution >= 0.6 is 11.3 Å². The number of halogens is 1. The predicted octanol–water partition coefficient (Wildman–Crippen LogP) is 4.86. The monoisotopic (exact) mass is 420 g/mol. The molecule has 30 heavy (non-hydrogen) atoms. The molecule has 0 bridgehead atoms. The van der Waals surface area contributed by atoms with Crippen LogP contribution in [0, 0.1) is 5.82 Å². The number of nitrogens with one attached hydrogen (secondary N) is 1. The van der Waals surface area contributed by atoms with E-state index in [1.54, 1.807) is 6.20 Å². The van der Waals surface area contributed by atoms with Crippen molar-refractivity contribution in [3.63, 3.8) is 0 Å². The summed E-state index contributed by atoms with van der Waals surface area (Å²) in [4.78, 5) is 20.9. The van der Waals surface area contributed by atoms with Crippen molar-refractivity contribution in [1.29, 1.82) is 0 Å². The third kappa shape index (κ3) is 2.61. The van der Waals surface area contributed by atoms with E-state index in [9.17, 15) is 9.18 Å². The van der Waals surface area contributed by atoms with Crippen molar-refractivity contribution in [2.24, 2.45) is 0 Å². The number of H-pyrrole nitrogens is 1. The van der Waals surface area contributed by atoms with Gasteiger partial charge in [0.25, 0.3) is 0 Å². The molecule has 0 unspecified atom stereocenters. The smallest absolute Gasteiger partial charge is 0.231 e. The summed E-state index contributed by atoms with van der Waals surface area (Å²) < 4.78 is 30.6. The van der Waals surface area contributed by atoms with E-state index in [0.29, 0.717) is 50.7 Å². The van der Waals surface area contributed by atoms with Crippen LogP contribution in [0.5, 0.6) is 11.5 Å². The van der Waals surface area contributed by atoms with E-state index in [1.165, 1.54) is 29.5 Å². The number of fused-ring (bicyclic) bond motifs is 3. The van der Waals surface area contributed by atoms with Gasteiger partial charge in [-0.3, -0.25) is 4.79 Å². The van der Waals surface area contributed by atoms with Crippen LogP contribution < -0.4 is 14.9 Å². The van der Waals surface area contributed by atoms with Crippen LogP contribution in [-0.4, -0.2) is 16.8 Å². The minimum absolute atomic E-state index is 0.199. The van der Waals surface area contributed by atoms with Crippen molar-refractivity contribution in [2.45, 2.75) is 6.42 Å². The van der Waals surface area contributed by atoms with E-state index in [1.807, 2.05) is 23.6 Å². The largest absolute Gasteiger partial charge is 0.454 e. The molecule has 0 spiro atoms. The topological polar surface area (TPSA) is 77.4 Å². The standard InChI is InChI=1S/C22H13FN2O4S/c23-12-2-3-13-16(9-12)29-21-14(7-11-1-4-15-17(8-11)28-10-27-15)25-19(18(21)20(13)26)22-24-5-6-30-22/h1-6,8-9,25H,7,10H2. The molecular weight excluding hydrogens is 407 g/mol. The Morgan fingerprint density at radius 3 is 2.90 bits per heavy atom. The van der Waals surface area contributed by atoms with Crippen LogP contribution in [0.15, 0.2) is 57.2 Å². The van der Waals surface area contributed by atoms with Gasteiger partial charge in [-0.25, -0.2) is 9.37 Å². The molecule has 5 aromatic rings. The number of benzene rings is 2. The Bertz CT molecular complexity index is 1490. The Hall–Kier alpha value is -3.65. The highest BCUT2D eigenvalue weighted by molar-refractivity contribution is 7.13. The fourth-order valence-electron chi connectivity index (χ4n) is 3.76. The number of thiazole rings is 1. The van der Waals surface area contributed by atoms with Crippen molar-refractivity contribution >= 4 is 33.3 Å². The van der Waals surface area contributed by atoms with Gasteiger partial charge in [0.1, 0.15) is 16.4 Å².